The Bertz CT molecular complexity index is 757. The second-order valence-corrected chi connectivity index (χ2v) is 7.05. The number of aryl methyl sites for hydroxylation is 1. The molecule has 3 N–H and O–H groups in total. The number of amides is 1. The highest BCUT2D eigenvalue weighted by Gasteiger charge is 2.18. The van der Waals surface area contributed by atoms with Crippen LogP contribution in [0.2, 0.25) is 0 Å². The Balaban J connectivity index is 2.05. The summed E-state index contributed by atoms with van der Waals surface area (Å²) in [6.45, 7) is 6.14. The van der Waals surface area contributed by atoms with Crippen molar-refractivity contribution in [3.63, 3.8) is 0 Å². The van der Waals surface area contributed by atoms with Gasteiger partial charge in [-0.25, -0.2) is 0 Å². The zero-order valence-electron chi connectivity index (χ0n) is 16.3. The molecule has 0 aliphatic heterocycles. The normalized spacial score (nSPS) is 11.1. The molecular formula is C21H28N2O4. The minimum absolute atomic E-state index is 0.00607. The molecule has 0 saturated heterocycles. The first-order chi connectivity index (χ1) is 12.8. The number of carbonyl (C=O) groups excluding carboxylic acids is 1. The van der Waals surface area contributed by atoms with Crippen molar-refractivity contribution in [1.82, 2.24) is 5.32 Å². The highest BCUT2D eigenvalue weighted by atomic mass is 16.5. The number of aliphatic hydroxyl groups is 1. The van der Waals surface area contributed by atoms with Gasteiger partial charge in [-0.1, -0.05) is 29.8 Å². The molecule has 2 rings (SSSR count). The summed E-state index contributed by atoms with van der Waals surface area (Å²) < 4.78 is 11.2. The highest BCUT2D eigenvalue weighted by Crippen LogP contribution is 2.31. The lowest BCUT2D eigenvalue weighted by Crippen LogP contribution is -2.42. The number of carbonyl (C=O) groups is 1. The van der Waals surface area contributed by atoms with Crippen LogP contribution in [0.4, 0.5) is 5.69 Å². The van der Waals surface area contributed by atoms with E-state index < -0.39 is 5.54 Å². The van der Waals surface area contributed by atoms with E-state index >= 15 is 0 Å². The van der Waals surface area contributed by atoms with Gasteiger partial charge in [0.05, 0.1) is 13.7 Å². The molecule has 0 atom stereocenters. The standard InChI is InChI=1S/C21H28N2O4/c1-15-8-10-17(11-9-15)23-19(25)13-27-20-16(6-5-7-18(20)26-4)12-22-21(2,3)14-24/h5-11,22,24H,12-14H2,1-4H3,(H,23,25). The maximum Gasteiger partial charge on any atom is 0.262 e. The van der Waals surface area contributed by atoms with E-state index in [9.17, 15) is 9.90 Å². The van der Waals surface area contributed by atoms with Crippen LogP contribution in [0.3, 0.4) is 0 Å². The van der Waals surface area contributed by atoms with E-state index in [1.54, 1.807) is 13.2 Å². The van der Waals surface area contributed by atoms with Crippen molar-refractivity contribution < 1.29 is 19.4 Å². The number of para-hydroxylation sites is 1. The minimum Gasteiger partial charge on any atom is -0.493 e. The van der Waals surface area contributed by atoms with Gasteiger partial charge in [0, 0.05) is 23.3 Å². The van der Waals surface area contributed by atoms with E-state index in [-0.39, 0.29) is 19.1 Å². The Morgan fingerprint density at radius 2 is 1.85 bits per heavy atom. The van der Waals surface area contributed by atoms with Gasteiger partial charge in [-0.05, 0) is 39.0 Å². The quantitative estimate of drug-likeness (QED) is 0.631. The Kier molecular flexibility index (Phi) is 7.21. The Labute approximate surface area is 160 Å². The molecule has 0 aromatic heterocycles. The number of ether oxygens (including phenoxy) is 2. The lowest BCUT2D eigenvalue weighted by molar-refractivity contribution is -0.118. The van der Waals surface area contributed by atoms with Crippen molar-refractivity contribution in [2.45, 2.75) is 32.9 Å². The summed E-state index contributed by atoms with van der Waals surface area (Å²) in [4.78, 5) is 12.2. The molecule has 0 bridgehead atoms. The van der Waals surface area contributed by atoms with Gasteiger partial charge in [0.25, 0.3) is 5.91 Å². The van der Waals surface area contributed by atoms with Crippen LogP contribution in [-0.2, 0) is 11.3 Å². The minimum atomic E-state index is -0.427. The first kappa shape index (κ1) is 20.7. The number of anilines is 1. The Hall–Kier alpha value is -2.57. The number of hydrogen-bond donors (Lipinski definition) is 3. The molecule has 0 radical (unpaired) electrons. The van der Waals surface area contributed by atoms with Gasteiger partial charge in [-0.3, -0.25) is 4.79 Å². The fraction of sp³-hybridized carbons (Fsp3) is 0.381. The molecule has 0 aliphatic carbocycles. The second kappa shape index (κ2) is 9.39. The van der Waals surface area contributed by atoms with Crippen molar-refractivity contribution in [2.24, 2.45) is 0 Å². The zero-order chi connectivity index (χ0) is 19.9. The summed E-state index contributed by atoms with van der Waals surface area (Å²) in [6, 6.07) is 13.1. The first-order valence-electron chi connectivity index (χ1n) is 8.86. The van der Waals surface area contributed by atoms with E-state index in [0.717, 1.165) is 16.8 Å². The summed E-state index contributed by atoms with van der Waals surface area (Å²) in [5.74, 6) is 0.818. The smallest absolute Gasteiger partial charge is 0.262 e. The fourth-order valence-corrected chi connectivity index (χ4v) is 2.39. The molecule has 0 fully saturated rings. The molecule has 0 aliphatic rings. The van der Waals surface area contributed by atoms with Crippen molar-refractivity contribution >= 4 is 11.6 Å². The van der Waals surface area contributed by atoms with E-state index in [1.807, 2.05) is 57.2 Å². The molecule has 1 amide bonds. The van der Waals surface area contributed by atoms with Crippen LogP contribution in [-0.4, -0.2) is 36.9 Å². The summed E-state index contributed by atoms with van der Waals surface area (Å²) in [6.07, 6.45) is 0. The van der Waals surface area contributed by atoms with Crippen LogP contribution in [0.25, 0.3) is 0 Å². The number of aliphatic hydroxyl groups excluding tert-OH is 1. The Morgan fingerprint density at radius 3 is 2.48 bits per heavy atom. The van der Waals surface area contributed by atoms with Crippen LogP contribution in [0.15, 0.2) is 42.5 Å². The molecule has 6 nitrogen and oxygen atoms in total. The Morgan fingerprint density at radius 1 is 1.15 bits per heavy atom. The molecule has 6 heteroatoms. The summed E-state index contributed by atoms with van der Waals surface area (Å²) >= 11 is 0. The first-order valence-corrected chi connectivity index (χ1v) is 8.86. The van der Waals surface area contributed by atoms with Gasteiger partial charge < -0.3 is 25.2 Å². The van der Waals surface area contributed by atoms with Gasteiger partial charge in [0.2, 0.25) is 0 Å². The third kappa shape index (κ3) is 6.27. The van der Waals surface area contributed by atoms with E-state index in [2.05, 4.69) is 10.6 Å². The van der Waals surface area contributed by atoms with Gasteiger partial charge >= 0.3 is 0 Å². The van der Waals surface area contributed by atoms with Crippen molar-refractivity contribution in [3.8, 4) is 11.5 Å². The van der Waals surface area contributed by atoms with Crippen molar-refractivity contribution in [1.29, 1.82) is 0 Å². The second-order valence-electron chi connectivity index (χ2n) is 7.05. The van der Waals surface area contributed by atoms with Crippen LogP contribution in [0, 0.1) is 6.92 Å². The predicted octanol–water partition coefficient (Wildman–Crippen LogP) is 2.88. The molecular weight excluding hydrogens is 344 g/mol. The predicted molar refractivity (Wildman–Crippen MR) is 106 cm³/mol. The lowest BCUT2D eigenvalue weighted by Gasteiger charge is -2.24. The third-order valence-electron chi connectivity index (χ3n) is 4.12. The largest absolute Gasteiger partial charge is 0.493 e. The average molecular weight is 372 g/mol. The monoisotopic (exact) mass is 372 g/mol. The maximum absolute atomic E-state index is 12.2. The summed E-state index contributed by atoms with van der Waals surface area (Å²) in [5.41, 5.74) is 2.27. The number of methoxy groups -OCH3 is 1. The summed E-state index contributed by atoms with van der Waals surface area (Å²) in [5, 5.41) is 15.5. The number of nitrogens with one attached hydrogen (secondary N) is 2. The van der Waals surface area contributed by atoms with Crippen LogP contribution in [0.1, 0.15) is 25.0 Å². The highest BCUT2D eigenvalue weighted by molar-refractivity contribution is 5.91. The maximum atomic E-state index is 12.2. The van der Waals surface area contributed by atoms with Crippen molar-refractivity contribution in [2.75, 3.05) is 25.6 Å². The van der Waals surface area contributed by atoms with Crippen LogP contribution in [0.5, 0.6) is 11.5 Å². The molecule has 0 heterocycles. The molecule has 0 unspecified atom stereocenters. The van der Waals surface area contributed by atoms with Crippen molar-refractivity contribution in [3.05, 3.63) is 53.6 Å². The summed E-state index contributed by atoms with van der Waals surface area (Å²) in [7, 11) is 1.56. The van der Waals surface area contributed by atoms with E-state index in [0.29, 0.717) is 18.0 Å². The SMILES string of the molecule is COc1cccc(CNC(C)(C)CO)c1OCC(=O)Nc1ccc(C)cc1. The molecule has 0 spiro atoms. The van der Waals surface area contributed by atoms with Gasteiger partial charge in [-0.2, -0.15) is 0 Å². The molecule has 2 aromatic rings. The van der Waals surface area contributed by atoms with Gasteiger partial charge in [0.15, 0.2) is 18.1 Å². The molecule has 146 valence electrons. The topological polar surface area (TPSA) is 79.8 Å². The number of hydrogen-bond acceptors (Lipinski definition) is 5. The molecule has 2 aromatic carbocycles. The van der Waals surface area contributed by atoms with E-state index in [4.69, 9.17) is 9.47 Å². The fourth-order valence-electron chi connectivity index (χ4n) is 2.39. The molecule has 27 heavy (non-hydrogen) atoms. The number of rotatable bonds is 9. The van der Waals surface area contributed by atoms with Gasteiger partial charge in [-0.15, -0.1) is 0 Å². The van der Waals surface area contributed by atoms with Crippen LogP contribution < -0.4 is 20.1 Å². The molecule has 0 saturated carbocycles. The lowest BCUT2D eigenvalue weighted by atomic mass is 10.1. The van der Waals surface area contributed by atoms with Crippen LogP contribution >= 0.6 is 0 Å². The third-order valence-corrected chi connectivity index (χ3v) is 4.12. The number of benzene rings is 2. The van der Waals surface area contributed by atoms with Gasteiger partial charge in [0.1, 0.15) is 0 Å². The average Bonchev–Trinajstić information content (AvgIpc) is 2.66. The zero-order valence-corrected chi connectivity index (χ0v) is 16.3. The van der Waals surface area contributed by atoms with E-state index in [1.165, 1.54) is 0 Å².